The highest BCUT2D eigenvalue weighted by atomic mass is 35.5. The first-order valence-electron chi connectivity index (χ1n) is 8.06. The van der Waals surface area contributed by atoms with Crippen LogP contribution in [0, 0.1) is 0 Å². The van der Waals surface area contributed by atoms with Gasteiger partial charge in [0, 0.05) is 36.9 Å². The molecular formula is C18H20ClN3O3. The molecule has 6 nitrogen and oxygen atoms in total. The van der Waals surface area contributed by atoms with Crippen molar-refractivity contribution in [1.29, 1.82) is 0 Å². The minimum absolute atomic E-state index is 0.226. The molecule has 0 unspecified atom stereocenters. The summed E-state index contributed by atoms with van der Waals surface area (Å²) in [6.45, 7) is 1.35. The molecule has 1 amide bonds. The van der Waals surface area contributed by atoms with Gasteiger partial charge in [-0.1, -0.05) is 17.7 Å². The average molecular weight is 362 g/mol. The number of ether oxygens (including phenoxy) is 2. The van der Waals surface area contributed by atoms with Crippen LogP contribution in [0.25, 0.3) is 0 Å². The molecule has 2 aromatic rings. The SMILES string of the molecule is NC1(C(=O)Nc2ccc(OCc3cccnc3)c(Cl)c2)CCOCC1. The number of halogens is 1. The van der Waals surface area contributed by atoms with Crippen LogP contribution in [-0.2, 0) is 16.1 Å². The summed E-state index contributed by atoms with van der Waals surface area (Å²) in [5.41, 5.74) is 6.80. The molecule has 0 saturated carbocycles. The molecule has 0 spiro atoms. The lowest BCUT2D eigenvalue weighted by molar-refractivity contribution is -0.124. The number of carbonyl (C=O) groups excluding carboxylic acids is 1. The Morgan fingerprint density at radius 1 is 1.36 bits per heavy atom. The lowest BCUT2D eigenvalue weighted by Gasteiger charge is -2.31. The summed E-state index contributed by atoms with van der Waals surface area (Å²) in [5.74, 6) is 0.313. The fourth-order valence-corrected chi connectivity index (χ4v) is 2.79. The number of amides is 1. The molecule has 25 heavy (non-hydrogen) atoms. The number of rotatable bonds is 5. The second-order valence-electron chi connectivity index (χ2n) is 6.02. The van der Waals surface area contributed by atoms with E-state index in [4.69, 9.17) is 26.8 Å². The quantitative estimate of drug-likeness (QED) is 0.855. The summed E-state index contributed by atoms with van der Waals surface area (Å²) < 4.78 is 11.0. The van der Waals surface area contributed by atoms with Gasteiger partial charge in [-0.15, -0.1) is 0 Å². The highest BCUT2D eigenvalue weighted by Gasteiger charge is 2.35. The normalized spacial score (nSPS) is 16.2. The van der Waals surface area contributed by atoms with Crippen LogP contribution in [0.4, 0.5) is 5.69 Å². The zero-order chi connectivity index (χ0) is 17.7. The van der Waals surface area contributed by atoms with Gasteiger partial charge in [0.1, 0.15) is 17.9 Å². The van der Waals surface area contributed by atoms with Gasteiger partial charge in [-0.2, -0.15) is 0 Å². The third kappa shape index (κ3) is 4.48. The van der Waals surface area contributed by atoms with Crippen LogP contribution >= 0.6 is 11.6 Å². The van der Waals surface area contributed by atoms with Crippen molar-refractivity contribution in [2.75, 3.05) is 18.5 Å². The minimum atomic E-state index is -0.903. The van der Waals surface area contributed by atoms with Crippen molar-refractivity contribution in [3.8, 4) is 5.75 Å². The van der Waals surface area contributed by atoms with E-state index < -0.39 is 5.54 Å². The number of nitrogens with one attached hydrogen (secondary N) is 1. The second-order valence-corrected chi connectivity index (χ2v) is 6.42. The highest BCUT2D eigenvalue weighted by molar-refractivity contribution is 6.32. The molecule has 1 aliphatic rings. The summed E-state index contributed by atoms with van der Waals surface area (Å²) in [7, 11) is 0. The number of benzene rings is 1. The summed E-state index contributed by atoms with van der Waals surface area (Å²) in [6, 6.07) is 8.88. The minimum Gasteiger partial charge on any atom is -0.487 e. The lowest BCUT2D eigenvalue weighted by Crippen LogP contribution is -2.54. The molecule has 0 bridgehead atoms. The van der Waals surface area contributed by atoms with E-state index in [1.165, 1.54) is 0 Å². The predicted octanol–water partition coefficient (Wildman–Crippen LogP) is 2.76. The van der Waals surface area contributed by atoms with Crippen LogP contribution in [0.2, 0.25) is 5.02 Å². The molecule has 1 aliphatic heterocycles. The summed E-state index contributed by atoms with van der Waals surface area (Å²) in [4.78, 5) is 16.5. The van der Waals surface area contributed by atoms with E-state index in [-0.39, 0.29) is 5.91 Å². The molecule has 1 aromatic heterocycles. The molecule has 2 heterocycles. The third-order valence-electron chi connectivity index (χ3n) is 4.14. The Bertz CT molecular complexity index is 734. The Kier molecular flexibility index (Phi) is 5.53. The van der Waals surface area contributed by atoms with Gasteiger partial charge < -0.3 is 20.5 Å². The molecule has 3 N–H and O–H groups in total. The van der Waals surface area contributed by atoms with Gasteiger partial charge in [0.05, 0.1) is 5.02 Å². The molecule has 0 atom stereocenters. The van der Waals surface area contributed by atoms with Gasteiger partial charge >= 0.3 is 0 Å². The van der Waals surface area contributed by atoms with Crippen molar-refractivity contribution in [3.05, 3.63) is 53.3 Å². The van der Waals surface area contributed by atoms with Crippen LogP contribution < -0.4 is 15.8 Å². The van der Waals surface area contributed by atoms with E-state index in [0.29, 0.717) is 49.1 Å². The lowest BCUT2D eigenvalue weighted by atomic mass is 9.90. The maximum Gasteiger partial charge on any atom is 0.244 e. The average Bonchev–Trinajstić information content (AvgIpc) is 2.62. The molecule has 0 radical (unpaired) electrons. The van der Waals surface area contributed by atoms with E-state index in [1.807, 2.05) is 12.1 Å². The fourth-order valence-electron chi connectivity index (χ4n) is 2.56. The zero-order valence-corrected chi connectivity index (χ0v) is 14.5. The Morgan fingerprint density at radius 2 is 2.16 bits per heavy atom. The predicted molar refractivity (Wildman–Crippen MR) is 95.6 cm³/mol. The number of hydrogen-bond donors (Lipinski definition) is 2. The van der Waals surface area contributed by atoms with Gasteiger partial charge in [0.15, 0.2) is 0 Å². The standard InChI is InChI=1S/C18H20ClN3O3/c19-15-10-14(22-17(23)18(20)5-8-24-9-6-18)3-4-16(15)25-12-13-2-1-7-21-11-13/h1-4,7,10-11H,5-6,8-9,12,20H2,(H,22,23). The Morgan fingerprint density at radius 3 is 2.84 bits per heavy atom. The van der Waals surface area contributed by atoms with Crippen molar-refractivity contribution < 1.29 is 14.3 Å². The van der Waals surface area contributed by atoms with E-state index in [1.54, 1.807) is 30.6 Å². The van der Waals surface area contributed by atoms with Gasteiger partial charge in [-0.05, 0) is 37.1 Å². The molecule has 7 heteroatoms. The highest BCUT2D eigenvalue weighted by Crippen LogP contribution is 2.29. The number of nitrogens with two attached hydrogens (primary N) is 1. The monoisotopic (exact) mass is 361 g/mol. The molecule has 1 fully saturated rings. The first-order valence-corrected chi connectivity index (χ1v) is 8.44. The first kappa shape index (κ1) is 17.7. The maximum absolute atomic E-state index is 12.4. The van der Waals surface area contributed by atoms with Crippen LogP contribution in [0.5, 0.6) is 5.75 Å². The van der Waals surface area contributed by atoms with Crippen LogP contribution in [0.3, 0.4) is 0 Å². The van der Waals surface area contributed by atoms with Crippen molar-refractivity contribution in [2.45, 2.75) is 25.0 Å². The van der Waals surface area contributed by atoms with Crippen LogP contribution in [-0.4, -0.2) is 29.6 Å². The number of pyridine rings is 1. The van der Waals surface area contributed by atoms with Gasteiger partial charge in [-0.3, -0.25) is 9.78 Å². The van der Waals surface area contributed by atoms with Crippen LogP contribution in [0.1, 0.15) is 18.4 Å². The Hall–Kier alpha value is -2.15. The Balaban J connectivity index is 1.62. The summed E-state index contributed by atoms with van der Waals surface area (Å²) in [6.07, 6.45) is 4.44. The zero-order valence-electron chi connectivity index (χ0n) is 13.7. The molecule has 3 rings (SSSR count). The topological polar surface area (TPSA) is 86.5 Å². The van der Waals surface area contributed by atoms with Crippen molar-refractivity contribution in [2.24, 2.45) is 5.73 Å². The molecule has 0 aliphatic carbocycles. The van der Waals surface area contributed by atoms with Crippen molar-refractivity contribution in [1.82, 2.24) is 4.98 Å². The molecular weight excluding hydrogens is 342 g/mol. The fraction of sp³-hybridized carbons (Fsp3) is 0.333. The largest absolute Gasteiger partial charge is 0.487 e. The van der Waals surface area contributed by atoms with Gasteiger partial charge in [-0.25, -0.2) is 0 Å². The van der Waals surface area contributed by atoms with Crippen molar-refractivity contribution >= 4 is 23.2 Å². The number of carbonyl (C=O) groups is 1. The first-order chi connectivity index (χ1) is 12.1. The van der Waals surface area contributed by atoms with E-state index in [9.17, 15) is 4.79 Å². The summed E-state index contributed by atoms with van der Waals surface area (Å²) >= 11 is 6.26. The van der Waals surface area contributed by atoms with Crippen LogP contribution in [0.15, 0.2) is 42.7 Å². The maximum atomic E-state index is 12.4. The summed E-state index contributed by atoms with van der Waals surface area (Å²) in [5, 5.41) is 3.24. The third-order valence-corrected chi connectivity index (χ3v) is 4.44. The smallest absolute Gasteiger partial charge is 0.244 e. The number of anilines is 1. The Labute approximate surface area is 151 Å². The second kappa shape index (κ2) is 7.82. The number of aromatic nitrogens is 1. The molecule has 132 valence electrons. The van der Waals surface area contributed by atoms with E-state index in [0.717, 1.165) is 5.56 Å². The molecule has 1 saturated heterocycles. The van der Waals surface area contributed by atoms with Crippen molar-refractivity contribution in [3.63, 3.8) is 0 Å². The van der Waals surface area contributed by atoms with Gasteiger partial charge in [0.2, 0.25) is 5.91 Å². The number of nitrogens with zero attached hydrogens (tertiary/aromatic N) is 1. The van der Waals surface area contributed by atoms with E-state index in [2.05, 4.69) is 10.3 Å². The van der Waals surface area contributed by atoms with Gasteiger partial charge in [0.25, 0.3) is 0 Å². The number of hydrogen-bond acceptors (Lipinski definition) is 5. The van der Waals surface area contributed by atoms with E-state index >= 15 is 0 Å². The molecule has 1 aromatic carbocycles.